The van der Waals surface area contributed by atoms with Crippen LogP contribution < -0.4 is 5.32 Å². The summed E-state index contributed by atoms with van der Waals surface area (Å²) in [7, 11) is -3.06. The number of amides is 1. The van der Waals surface area contributed by atoms with Crippen LogP contribution in [0.5, 0.6) is 0 Å². The Morgan fingerprint density at radius 2 is 1.86 bits per heavy atom. The number of anilines is 1. The summed E-state index contributed by atoms with van der Waals surface area (Å²) >= 11 is 1.56. The molecule has 0 saturated carbocycles. The lowest BCUT2D eigenvalue weighted by Crippen LogP contribution is -2.16. The van der Waals surface area contributed by atoms with Crippen LogP contribution in [0.2, 0.25) is 0 Å². The van der Waals surface area contributed by atoms with Gasteiger partial charge in [-0.1, -0.05) is 6.07 Å². The van der Waals surface area contributed by atoms with Gasteiger partial charge in [0, 0.05) is 21.9 Å². The van der Waals surface area contributed by atoms with Crippen LogP contribution in [0.4, 0.5) is 18.9 Å². The number of rotatable bonds is 5. The number of thiophene rings is 1. The van der Waals surface area contributed by atoms with E-state index in [1.807, 2.05) is 17.5 Å². The largest absolute Gasteiger partial charge is 0.475 e. The molecular weight excluding hydrogens is 335 g/mol. The van der Waals surface area contributed by atoms with Crippen molar-refractivity contribution in [3.63, 3.8) is 0 Å². The quantitative estimate of drug-likeness (QED) is 0.890. The number of nitrogens with one attached hydrogen (secondary N) is 1. The van der Waals surface area contributed by atoms with Gasteiger partial charge in [-0.2, -0.15) is 13.2 Å². The second-order valence-electron chi connectivity index (χ2n) is 4.37. The molecule has 8 heteroatoms. The topological polar surface area (TPSA) is 46.2 Å². The van der Waals surface area contributed by atoms with Crippen LogP contribution in [-0.2, 0) is 22.0 Å². The van der Waals surface area contributed by atoms with Crippen LogP contribution in [-0.4, -0.2) is 15.6 Å². The van der Waals surface area contributed by atoms with Gasteiger partial charge in [-0.05, 0) is 42.1 Å². The Kier molecular flexibility index (Phi) is 5.36. The van der Waals surface area contributed by atoms with Crippen molar-refractivity contribution in [3.05, 3.63) is 46.7 Å². The molecule has 2 rings (SSSR count). The second kappa shape index (κ2) is 7.06. The fourth-order valence-electron chi connectivity index (χ4n) is 1.71. The molecule has 0 aliphatic carbocycles. The van der Waals surface area contributed by atoms with Gasteiger partial charge in [-0.3, -0.25) is 4.79 Å². The van der Waals surface area contributed by atoms with E-state index in [9.17, 15) is 22.2 Å². The minimum atomic E-state index is -4.79. The van der Waals surface area contributed by atoms with Crippen LogP contribution in [0.1, 0.15) is 11.3 Å². The fourth-order valence-corrected chi connectivity index (χ4v) is 3.07. The third-order valence-corrected chi connectivity index (χ3v) is 4.80. The first kappa shape index (κ1) is 16.7. The van der Waals surface area contributed by atoms with Crippen molar-refractivity contribution in [1.82, 2.24) is 0 Å². The number of hydrogen-bond donors (Lipinski definition) is 1. The van der Waals surface area contributed by atoms with Gasteiger partial charge in [0.1, 0.15) is 0 Å². The van der Waals surface area contributed by atoms with Crippen molar-refractivity contribution < 1.29 is 22.2 Å². The Morgan fingerprint density at radius 1 is 1.18 bits per heavy atom. The Morgan fingerprint density at radius 3 is 2.41 bits per heavy atom. The van der Waals surface area contributed by atoms with Gasteiger partial charge in [0.15, 0.2) is 10.8 Å². The zero-order chi connectivity index (χ0) is 16.2. The van der Waals surface area contributed by atoms with E-state index < -0.39 is 16.3 Å². The zero-order valence-corrected chi connectivity index (χ0v) is 12.9. The van der Waals surface area contributed by atoms with Crippen LogP contribution in [0.25, 0.3) is 0 Å². The third-order valence-electron chi connectivity index (χ3n) is 2.74. The van der Waals surface area contributed by atoms with E-state index in [1.165, 1.54) is 12.1 Å². The number of aryl methyl sites for hydroxylation is 1. The first-order chi connectivity index (χ1) is 10.4. The summed E-state index contributed by atoms with van der Waals surface area (Å²) in [4.78, 5) is 12.5. The standard InChI is InChI=1S/C14H12F3NO2S2/c15-14(16,17)22(20)12-6-3-10(4-7-12)18-13(19)8-5-11-2-1-9-21-11/h1-4,6-7,9H,5,8H2,(H,18,19)/t22-/m1/s1. The predicted octanol–water partition coefficient (Wildman–Crippen LogP) is 3.95. The number of carbonyl (C=O) groups is 1. The molecule has 1 aromatic heterocycles. The third kappa shape index (κ3) is 4.67. The highest BCUT2D eigenvalue weighted by Crippen LogP contribution is 2.26. The summed E-state index contributed by atoms with van der Waals surface area (Å²) in [6, 6.07) is 8.64. The Balaban J connectivity index is 1.91. The molecular formula is C14H12F3NO2S2. The minimum absolute atomic E-state index is 0.224. The number of hydrogen-bond acceptors (Lipinski definition) is 3. The molecule has 0 spiro atoms. The van der Waals surface area contributed by atoms with Gasteiger partial charge in [0.25, 0.3) is 0 Å². The average molecular weight is 347 g/mol. The molecule has 0 aliphatic rings. The van der Waals surface area contributed by atoms with Crippen molar-refractivity contribution in [2.45, 2.75) is 23.2 Å². The Hall–Kier alpha value is -1.67. The van der Waals surface area contributed by atoms with Crippen molar-refractivity contribution in [2.75, 3.05) is 5.32 Å². The summed E-state index contributed by atoms with van der Waals surface area (Å²) in [6.07, 6.45) is 0.899. The molecule has 22 heavy (non-hydrogen) atoms. The van der Waals surface area contributed by atoms with E-state index in [4.69, 9.17) is 0 Å². The zero-order valence-electron chi connectivity index (χ0n) is 11.2. The maximum absolute atomic E-state index is 12.3. The number of carbonyl (C=O) groups excluding carboxylic acids is 1. The lowest BCUT2D eigenvalue weighted by Gasteiger charge is -2.08. The fraction of sp³-hybridized carbons (Fsp3) is 0.214. The van der Waals surface area contributed by atoms with Gasteiger partial charge in [-0.15, -0.1) is 11.3 Å². The molecule has 0 radical (unpaired) electrons. The molecule has 0 fully saturated rings. The molecule has 0 bridgehead atoms. The highest BCUT2D eigenvalue weighted by molar-refractivity contribution is 7.86. The monoisotopic (exact) mass is 347 g/mol. The highest BCUT2D eigenvalue weighted by Gasteiger charge is 2.37. The van der Waals surface area contributed by atoms with E-state index in [1.54, 1.807) is 11.3 Å². The molecule has 0 unspecified atom stereocenters. The van der Waals surface area contributed by atoms with E-state index in [2.05, 4.69) is 5.32 Å². The summed E-state index contributed by atoms with van der Waals surface area (Å²) in [6.45, 7) is 0. The molecule has 1 amide bonds. The molecule has 1 N–H and O–H groups in total. The van der Waals surface area contributed by atoms with Gasteiger partial charge in [0.05, 0.1) is 0 Å². The number of alkyl halides is 3. The summed E-state index contributed by atoms with van der Waals surface area (Å²) in [5.41, 5.74) is -4.41. The van der Waals surface area contributed by atoms with Crippen LogP contribution in [0, 0.1) is 0 Å². The van der Waals surface area contributed by atoms with Crippen LogP contribution in [0.15, 0.2) is 46.7 Å². The molecule has 1 atom stereocenters. The van der Waals surface area contributed by atoms with Crippen molar-refractivity contribution in [1.29, 1.82) is 0 Å². The van der Waals surface area contributed by atoms with E-state index in [0.29, 0.717) is 12.1 Å². The summed E-state index contributed by atoms with van der Waals surface area (Å²) in [5.74, 6) is -0.224. The second-order valence-corrected chi connectivity index (χ2v) is 6.87. The van der Waals surface area contributed by atoms with Crippen molar-refractivity contribution in [3.8, 4) is 0 Å². The van der Waals surface area contributed by atoms with Crippen molar-refractivity contribution in [2.24, 2.45) is 0 Å². The molecule has 118 valence electrons. The van der Waals surface area contributed by atoms with Gasteiger partial charge >= 0.3 is 5.51 Å². The SMILES string of the molecule is O=C(CCc1cccs1)Nc1ccc([S@@](=O)C(F)(F)F)cc1. The molecule has 3 nitrogen and oxygen atoms in total. The highest BCUT2D eigenvalue weighted by atomic mass is 32.2. The molecule has 1 heterocycles. The molecule has 2 aromatic rings. The summed E-state index contributed by atoms with van der Waals surface area (Å²) < 4.78 is 48.1. The minimum Gasteiger partial charge on any atom is -0.326 e. The normalized spacial score (nSPS) is 12.9. The number of halogens is 3. The lowest BCUT2D eigenvalue weighted by molar-refractivity contribution is -0.116. The molecule has 0 aliphatic heterocycles. The average Bonchev–Trinajstić information content (AvgIpc) is 2.97. The first-order valence-corrected chi connectivity index (χ1v) is 8.30. The smallest absolute Gasteiger partial charge is 0.326 e. The van der Waals surface area contributed by atoms with E-state index >= 15 is 0 Å². The Labute approximate surface area is 131 Å². The van der Waals surface area contributed by atoms with Crippen LogP contribution in [0.3, 0.4) is 0 Å². The van der Waals surface area contributed by atoms with Gasteiger partial charge < -0.3 is 5.32 Å². The predicted molar refractivity (Wildman–Crippen MR) is 80.2 cm³/mol. The first-order valence-electron chi connectivity index (χ1n) is 6.27. The van der Waals surface area contributed by atoms with Crippen LogP contribution >= 0.6 is 11.3 Å². The molecule has 1 aromatic carbocycles. The summed E-state index contributed by atoms with van der Waals surface area (Å²) in [5, 5.41) is 4.52. The maximum Gasteiger partial charge on any atom is 0.475 e. The number of benzene rings is 1. The van der Waals surface area contributed by atoms with Gasteiger partial charge in [-0.25, -0.2) is 4.21 Å². The molecule has 0 saturated heterocycles. The van der Waals surface area contributed by atoms with Crippen molar-refractivity contribution >= 4 is 33.7 Å². The Bertz CT molecular complexity index is 652. The van der Waals surface area contributed by atoms with E-state index in [0.717, 1.165) is 17.0 Å². The maximum atomic E-state index is 12.3. The lowest BCUT2D eigenvalue weighted by atomic mass is 10.2. The van der Waals surface area contributed by atoms with Gasteiger partial charge in [0.2, 0.25) is 5.91 Å². The van der Waals surface area contributed by atoms with E-state index in [-0.39, 0.29) is 17.2 Å².